The van der Waals surface area contributed by atoms with E-state index in [2.05, 4.69) is 15.0 Å². The maximum Gasteiger partial charge on any atom is 0.417 e. The first-order chi connectivity index (χ1) is 17.0. The minimum atomic E-state index is -4.76. The van der Waals surface area contributed by atoms with Gasteiger partial charge in [0.1, 0.15) is 5.54 Å². The van der Waals surface area contributed by atoms with Gasteiger partial charge in [-0.05, 0) is 81.2 Å². The fourth-order valence-electron chi connectivity index (χ4n) is 4.04. The molecule has 1 fully saturated rings. The number of benzene rings is 1. The number of azide groups is 1. The Morgan fingerprint density at radius 2 is 1.86 bits per heavy atom. The molecule has 1 aliphatic heterocycles. The summed E-state index contributed by atoms with van der Waals surface area (Å²) in [5.74, 6) is -0.491. The van der Waals surface area contributed by atoms with Crippen LogP contribution in [0.25, 0.3) is 10.4 Å². The van der Waals surface area contributed by atoms with Crippen molar-refractivity contribution in [3.05, 3.63) is 63.8 Å². The molecule has 8 nitrogen and oxygen atoms in total. The molecule has 0 aliphatic carbocycles. The third-order valence-electron chi connectivity index (χ3n) is 5.93. The lowest BCUT2D eigenvalue weighted by atomic mass is 10.0. The molecule has 2 heterocycles. The molecule has 0 spiro atoms. The zero-order valence-electron chi connectivity index (χ0n) is 19.8. The Morgan fingerprint density at radius 1 is 1.17 bits per heavy atom. The van der Waals surface area contributed by atoms with Crippen molar-refractivity contribution in [2.45, 2.75) is 57.7 Å². The number of aryl methyl sites for hydroxylation is 1. The van der Waals surface area contributed by atoms with Crippen molar-refractivity contribution in [1.82, 2.24) is 4.98 Å². The van der Waals surface area contributed by atoms with Gasteiger partial charge in [-0.3, -0.25) is 14.7 Å². The summed E-state index contributed by atoms with van der Waals surface area (Å²) in [5, 5.41) is 12.6. The van der Waals surface area contributed by atoms with Gasteiger partial charge in [0, 0.05) is 17.2 Å². The molecular formula is C24H24F3N7OS. The van der Waals surface area contributed by atoms with Crippen LogP contribution in [0.3, 0.4) is 0 Å². The average molecular weight is 516 g/mol. The van der Waals surface area contributed by atoms with E-state index in [1.165, 1.54) is 12.1 Å². The summed E-state index contributed by atoms with van der Waals surface area (Å²) in [6.07, 6.45) is 1.28. The Kier molecular flexibility index (Phi) is 8.17. The van der Waals surface area contributed by atoms with E-state index in [1.54, 1.807) is 31.0 Å². The number of nitriles is 1. The molecule has 0 atom stereocenters. The molecule has 36 heavy (non-hydrogen) atoms. The number of rotatable bonds is 9. The van der Waals surface area contributed by atoms with E-state index in [1.807, 2.05) is 6.07 Å². The van der Waals surface area contributed by atoms with Gasteiger partial charge in [-0.2, -0.15) is 18.4 Å². The van der Waals surface area contributed by atoms with Crippen LogP contribution in [0, 0.1) is 11.3 Å². The summed E-state index contributed by atoms with van der Waals surface area (Å²) < 4.78 is 40.5. The summed E-state index contributed by atoms with van der Waals surface area (Å²) in [6, 6.07) is 8.26. The number of anilines is 2. The Hall–Kier alpha value is -3.68. The zero-order valence-corrected chi connectivity index (χ0v) is 20.6. The number of amides is 1. The third kappa shape index (κ3) is 5.58. The summed E-state index contributed by atoms with van der Waals surface area (Å²) >= 11 is 5.54. The number of halogens is 3. The molecule has 0 N–H and O–H groups in total. The number of thiocarbonyl (C=S) groups is 1. The highest BCUT2D eigenvalue weighted by molar-refractivity contribution is 7.81. The number of carbonyl (C=O) groups is 1. The Balaban J connectivity index is 1.78. The van der Waals surface area contributed by atoms with Crippen molar-refractivity contribution in [3.63, 3.8) is 0 Å². The number of pyridine rings is 1. The van der Waals surface area contributed by atoms with Crippen LogP contribution in [0.4, 0.5) is 24.5 Å². The molecule has 3 rings (SSSR count). The number of carbonyl (C=O) groups excluding carboxylic acids is 1. The van der Waals surface area contributed by atoms with Crippen LogP contribution in [0.2, 0.25) is 0 Å². The van der Waals surface area contributed by atoms with E-state index >= 15 is 0 Å². The number of hydrogen-bond acceptors (Lipinski definition) is 5. The second-order valence-electron chi connectivity index (χ2n) is 8.78. The first-order valence-corrected chi connectivity index (χ1v) is 11.7. The van der Waals surface area contributed by atoms with Crippen LogP contribution in [0.5, 0.6) is 0 Å². The van der Waals surface area contributed by atoms with Crippen LogP contribution < -0.4 is 9.80 Å². The van der Waals surface area contributed by atoms with Gasteiger partial charge in [0.25, 0.3) is 5.91 Å². The Morgan fingerprint density at radius 3 is 2.47 bits per heavy atom. The summed E-state index contributed by atoms with van der Waals surface area (Å²) in [5.41, 5.74) is 6.80. The molecule has 1 amide bonds. The molecular weight excluding hydrogens is 491 g/mol. The van der Waals surface area contributed by atoms with Crippen molar-refractivity contribution in [1.29, 1.82) is 5.26 Å². The molecule has 1 aliphatic rings. The highest BCUT2D eigenvalue weighted by Crippen LogP contribution is 2.39. The SMILES string of the molecule is CC1(C)C(=O)N(c2ccc(C#N)c(C(F)(F)F)c2)C(=S)N1c1ccc(CCCCCCN=[N+]=[N-])nc1. The lowest BCUT2D eigenvalue weighted by molar-refractivity contribution is -0.137. The average Bonchev–Trinajstić information content (AvgIpc) is 3.01. The smallest absolute Gasteiger partial charge is 0.302 e. The van der Waals surface area contributed by atoms with Crippen molar-refractivity contribution in [3.8, 4) is 6.07 Å². The van der Waals surface area contributed by atoms with Gasteiger partial charge < -0.3 is 4.90 Å². The van der Waals surface area contributed by atoms with E-state index in [0.717, 1.165) is 54.8 Å². The first kappa shape index (κ1) is 26.9. The molecule has 0 saturated carbocycles. The van der Waals surface area contributed by atoms with Gasteiger partial charge in [-0.15, -0.1) is 0 Å². The maximum atomic E-state index is 13.5. The minimum Gasteiger partial charge on any atom is -0.302 e. The molecule has 188 valence electrons. The summed E-state index contributed by atoms with van der Waals surface area (Å²) in [6.45, 7) is 3.77. The van der Waals surface area contributed by atoms with Crippen molar-refractivity contribution < 1.29 is 18.0 Å². The topological polar surface area (TPSA) is 109 Å². The van der Waals surface area contributed by atoms with Gasteiger partial charge in [-0.25, -0.2) is 0 Å². The Bertz CT molecular complexity index is 1230. The molecule has 2 aromatic rings. The molecule has 1 aromatic heterocycles. The highest BCUT2D eigenvalue weighted by Gasteiger charge is 2.50. The van der Waals surface area contributed by atoms with Gasteiger partial charge >= 0.3 is 6.18 Å². The minimum absolute atomic E-state index is 0.0254. The van der Waals surface area contributed by atoms with Gasteiger partial charge in [-0.1, -0.05) is 18.0 Å². The number of unbranched alkanes of at least 4 members (excludes halogenated alkanes) is 3. The number of hydrogen-bond donors (Lipinski definition) is 0. The predicted octanol–water partition coefficient (Wildman–Crippen LogP) is 6.30. The van der Waals surface area contributed by atoms with Crippen molar-refractivity contribution in [2.75, 3.05) is 16.3 Å². The van der Waals surface area contributed by atoms with E-state index < -0.39 is 28.7 Å². The molecule has 0 radical (unpaired) electrons. The van der Waals surface area contributed by atoms with E-state index in [-0.39, 0.29) is 10.8 Å². The molecule has 0 unspecified atom stereocenters. The number of aromatic nitrogens is 1. The van der Waals surface area contributed by atoms with Crippen LogP contribution >= 0.6 is 12.2 Å². The fourth-order valence-corrected chi connectivity index (χ4v) is 4.57. The van der Waals surface area contributed by atoms with Crippen molar-refractivity contribution in [2.24, 2.45) is 5.11 Å². The number of alkyl halides is 3. The van der Waals surface area contributed by atoms with E-state index in [9.17, 15) is 18.0 Å². The van der Waals surface area contributed by atoms with Gasteiger partial charge in [0.15, 0.2) is 5.11 Å². The monoisotopic (exact) mass is 515 g/mol. The third-order valence-corrected chi connectivity index (χ3v) is 6.29. The molecule has 1 saturated heterocycles. The number of nitrogens with zero attached hydrogens (tertiary/aromatic N) is 7. The van der Waals surface area contributed by atoms with Gasteiger partial charge in [0.05, 0.1) is 34.8 Å². The predicted molar refractivity (Wildman–Crippen MR) is 133 cm³/mol. The lowest BCUT2D eigenvalue weighted by Crippen LogP contribution is -2.44. The second-order valence-corrected chi connectivity index (χ2v) is 9.15. The molecule has 1 aromatic carbocycles. The van der Waals surface area contributed by atoms with Crippen LogP contribution in [0.1, 0.15) is 56.4 Å². The maximum absolute atomic E-state index is 13.5. The van der Waals surface area contributed by atoms with Crippen LogP contribution in [0.15, 0.2) is 41.6 Å². The standard InChI is InChI=1S/C24H24F3N7OS/c1-23(2)21(35)33(18-10-8-16(14-28)20(13-18)24(25,26)27)22(36)34(23)19-11-9-17(30-15-19)7-5-3-4-6-12-31-32-29/h8-11,13,15H,3-7,12H2,1-2H3. The Labute approximate surface area is 212 Å². The van der Waals surface area contributed by atoms with Crippen LogP contribution in [-0.2, 0) is 17.4 Å². The van der Waals surface area contributed by atoms with E-state index in [4.69, 9.17) is 23.0 Å². The molecule has 0 bridgehead atoms. The largest absolute Gasteiger partial charge is 0.417 e. The fraction of sp³-hybridized carbons (Fsp3) is 0.417. The highest BCUT2D eigenvalue weighted by atomic mass is 32.1. The van der Waals surface area contributed by atoms with E-state index in [0.29, 0.717) is 12.2 Å². The summed E-state index contributed by atoms with van der Waals surface area (Å²) in [7, 11) is 0. The quantitative estimate of drug-likeness (QED) is 0.128. The first-order valence-electron chi connectivity index (χ1n) is 11.3. The normalized spacial score (nSPS) is 15.1. The second kappa shape index (κ2) is 10.9. The zero-order chi connectivity index (χ0) is 26.5. The summed E-state index contributed by atoms with van der Waals surface area (Å²) in [4.78, 5) is 23.1. The van der Waals surface area contributed by atoms with Crippen LogP contribution in [-0.4, -0.2) is 28.1 Å². The lowest BCUT2D eigenvalue weighted by Gasteiger charge is -2.29. The van der Waals surface area contributed by atoms with Gasteiger partial charge in [0.2, 0.25) is 0 Å². The molecule has 12 heteroatoms. The van der Waals surface area contributed by atoms with Crippen molar-refractivity contribution >= 4 is 34.6 Å².